The molecule has 0 unspecified atom stereocenters. The Kier molecular flexibility index (Phi) is 6.74. The second-order valence-electron chi connectivity index (χ2n) is 9.97. The third kappa shape index (κ3) is 4.76. The number of hydrogen-bond donors (Lipinski definition) is 1. The average Bonchev–Trinajstić information content (AvgIpc) is 3.49. The van der Waals surface area contributed by atoms with Gasteiger partial charge in [0.2, 0.25) is 5.91 Å². The van der Waals surface area contributed by atoms with Gasteiger partial charge < -0.3 is 19.2 Å². The lowest BCUT2D eigenvalue weighted by Crippen LogP contribution is -2.64. The zero-order valence-electron chi connectivity index (χ0n) is 20.1. The van der Waals surface area contributed by atoms with E-state index in [9.17, 15) is 9.59 Å². The third-order valence-electron chi connectivity index (χ3n) is 7.46. The molecule has 7 heteroatoms. The number of rotatable bonds is 5. The van der Waals surface area contributed by atoms with E-state index in [1.807, 2.05) is 60.0 Å². The van der Waals surface area contributed by atoms with Crippen LogP contribution in [0.25, 0.3) is 11.5 Å². The number of aromatic nitrogens is 1. The first kappa shape index (κ1) is 23.7. The van der Waals surface area contributed by atoms with Crippen LogP contribution in [0.1, 0.15) is 67.9 Å². The normalized spacial score (nSPS) is 21.3. The average molecular weight is 494 g/mol. The number of nitrogens with one attached hydrogen (secondary N) is 1. The monoisotopic (exact) mass is 493 g/mol. The van der Waals surface area contributed by atoms with Gasteiger partial charge in [-0.1, -0.05) is 55.8 Å². The summed E-state index contributed by atoms with van der Waals surface area (Å²) in [6, 6.07) is 15.0. The van der Waals surface area contributed by atoms with Crippen LogP contribution >= 0.6 is 11.6 Å². The van der Waals surface area contributed by atoms with E-state index in [4.69, 9.17) is 16.0 Å². The number of furan rings is 1. The second-order valence-corrected chi connectivity index (χ2v) is 10.4. The Morgan fingerprint density at radius 1 is 1.03 bits per heavy atom. The van der Waals surface area contributed by atoms with Crippen molar-refractivity contribution < 1.29 is 14.0 Å². The van der Waals surface area contributed by atoms with Crippen molar-refractivity contribution in [1.29, 1.82) is 0 Å². The van der Waals surface area contributed by atoms with Crippen molar-refractivity contribution in [1.82, 2.24) is 14.8 Å². The van der Waals surface area contributed by atoms with E-state index in [-0.39, 0.29) is 17.9 Å². The Labute approximate surface area is 211 Å². The SMILES string of the molecule is C[C@]1(C(=O)NC2CCCCCCC2)Cn2c(ccc2-c2ccco2)C(=O)N1Cc1ccc(Cl)cc1. The van der Waals surface area contributed by atoms with Gasteiger partial charge in [-0.05, 0) is 61.7 Å². The maximum absolute atomic E-state index is 14.0. The highest BCUT2D eigenvalue weighted by atomic mass is 35.5. The van der Waals surface area contributed by atoms with E-state index < -0.39 is 5.54 Å². The molecule has 1 N–H and O–H groups in total. The molecule has 2 aliphatic rings. The van der Waals surface area contributed by atoms with Crippen LogP contribution in [0.4, 0.5) is 0 Å². The molecule has 1 fully saturated rings. The predicted molar refractivity (Wildman–Crippen MR) is 136 cm³/mol. The van der Waals surface area contributed by atoms with E-state index in [2.05, 4.69) is 5.32 Å². The fourth-order valence-electron chi connectivity index (χ4n) is 5.37. The molecular formula is C28H32ClN3O3. The molecule has 2 amide bonds. The van der Waals surface area contributed by atoms with Crippen molar-refractivity contribution in [2.75, 3.05) is 0 Å². The van der Waals surface area contributed by atoms with E-state index >= 15 is 0 Å². The maximum atomic E-state index is 14.0. The highest BCUT2D eigenvalue weighted by Gasteiger charge is 2.48. The molecule has 184 valence electrons. The topological polar surface area (TPSA) is 67.5 Å². The zero-order valence-corrected chi connectivity index (χ0v) is 20.9. The largest absolute Gasteiger partial charge is 0.463 e. The lowest BCUT2D eigenvalue weighted by molar-refractivity contribution is -0.134. The Bertz CT molecular complexity index is 1180. The smallest absolute Gasteiger partial charge is 0.271 e. The van der Waals surface area contributed by atoms with Gasteiger partial charge in [-0.15, -0.1) is 0 Å². The van der Waals surface area contributed by atoms with Gasteiger partial charge >= 0.3 is 0 Å². The van der Waals surface area contributed by atoms with Crippen molar-refractivity contribution in [2.45, 2.75) is 76.5 Å². The van der Waals surface area contributed by atoms with E-state index in [1.165, 1.54) is 19.3 Å². The van der Waals surface area contributed by atoms with E-state index in [0.29, 0.717) is 29.6 Å². The summed E-state index contributed by atoms with van der Waals surface area (Å²) in [6.07, 6.45) is 9.53. The molecule has 1 aliphatic heterocycles. The van der Waals surface area contributed by atoms with Gasteiger partial charge in [0, 0.05) is 17.6 Å². The van der Waals surface area contributed by atoms with Crippen LogP contribution in [0.2, 0.25) is 5.02 Å². The molecule has 0 spiro atoms. The molecule has 1 saturated carbocycles. The van der Waals surface area contributed by atoms with Gasteiger partial charge in [-0.25, -0.2) is 0 Å². The molecule has 1 atom stereocenters. The van der Waals surface area contributed by atoms with Crippen molar-refractivity contribution in [2.24, 2.45) is 0 Å². The molecule has 35 heavy (non-hydrogen) atoms. The second kappa shape index (κ2) is 9.94. The Morgan fingerprint density at radius 3 is 2.40 bits per heavy atom. The first-order chi connectivity index (χ1) is 17.0. The molecule has 0 bridgehead atoms. The van der Waals surface area contributed by atoms with Crippen LogP contribution in [-0.4, -0.2) is 32.9 Å². The highest BCUT2D eigenvalue weighted by Crippen LogP contribution is 2.35. The first-order valence-corrected chi connectivity index (χ1v) is 12.9. The maximum Gasteiger partial charge on any atom is 0.271 e. The van der Waals surface area contributed by atoms with Crippen molar-refractivity contribution in [3.8, 4) is 11.5 Å². The van der Waals surface area contributed by atoms with Crippen LogP contribution in [0.3, 0.4) is 0 Å². The van der Waals surface area contributed by atoms with Gasteiger partial charge in [0.25, 0.3) is 5.91 Å². The number of carbonyl (C=O) groups excluding carboxylic acids is 2. The number of hydrogen-bond acceptors (Lipinski definition) is 3. The molecule has 2 aromatic heterocycles. The van der Waals surface area contributed by atoms with Crippen molar-refractivity contribution in [3.63, 3.8) is 0 Å². The first-order valence-electron chi connectivity index (χ1n) is 12.6. The molecular weight excluding hydrogens is 462 g/mol. The Morgan fingerprint density at radius 2 is 1.71 bits per heavy atom. The minimum Gasteiger partial charge on any atom is -0.463 e. The van der Waals surface area contributed by atoms with Crippen LogP contribution in [0, 0.1) is 0 Å². The lowest BCUT2D eigenvalue weighted by Gasteiger charge is -2.45. The van der Waals surface area contributed by atoms with Crippen molar-refractivity contribution in [3.05, 3.63) is 71.1 Å². The van der Waals surface area contributed by atoms with Crippen LogP contribution in [-0.2, 0) is 17.9 Å². The summed E-state index contributed by atoms with van der Waals surface area (Å²) >= 11 is 6.08. The number of fused-ring (bicyclic) bond motifs is 1. The Balaban J connectivity index is 1.49. The lowest BCUT2D eigenvalue weighted by atomic mass is 9.91. The molecule has 0 radical (unpaired) electrons. The van der Waals surface area contributed by atoms with Gasteiger partial charge in [-0.3, -0.25) is 9.59 Å². The summed E-state index contributed by atoms with van der Waals surface area (Å²) in [5.74, 6) is 0.410. The van der Waals surface area contributed by atoms with Crippen LogP contribution in [0.15, 0.2) is 59.2 Å². The van der Waals surface area contributed by atoms with E-state index in [1.54, 1.807) is 11.2 Å². The molecule has 6 nitrogen and oxygen atoms in total. The highest BCUT2D eigenvalue weighted by molar-refractivity contribution is 6.30. The number of carbonyl (C=O) groups is 2. The Hall–Kier alpha value is -2.99. The number of nitrogens with zero attached hydrogens (tertiary/aromatic N) is 2. The molecule has 3 aromatic rings. The minimum absolute atomic E-state index is 0.102. The number of benzene rings is 1. The zero-order chi connectivity index (χ0) is 24.4. The fraction of sp³-hybridized carbons (Fsp3) is 0.429. The molecule has 5 rings (SSSR count). The summed E-state index contributed by atoms with van der Waals surface area (Å²) in [7, 11) is 0. The summed E-state index contributed by atoms with van der Waals surface area (Å²) in [5.41, 5.74) is 1.22. The summed E-state index contributed by atoms with van der Waals surface area (Å²) < 4.78 is 7.56. The number of amides is 2. The molecule has 1 aromatic carbocycles. The van der Waals surface area contributed by atoms with Gasteiger partial charge in [-0.2, -0.15) is 0 Å². The number of halogens is 1. The van der Waals surface area contributed by atoms with Crippen LogP contribution < -0.4 is 5.32 Å². The van der Waals surface area contributed by atoms with Gasteiger partial charge in [0.1, 0.15) is 17.0 Å². The van der Waals surface area contributed by atoms with Crippen LogP contribution in [0.5, 0.6) is 0 Å². The summed E-state index contributed by atoms with van der Waals surface area (Å²) in [6.45, 7) is 2.56. The van der Waals surface area contributed by atoms with Gasteiger partial charge in [0.05, 0.1) is 18.5 Å². The predicted octanol–water partition coefficient (Wildman–Crippen LogP) is 6.05. The minimum atomic E-state index is -1.06. The summed E-state index contributed by atoms with van der Waals surface area (Å²) in [4.78, 5) is 29.5. The quantitative estimate of drug-likeness (QED) is 0.470. The summed E-state index contributed by atoms with van der Waals surface area (Å²) in [5, 5.41) is 3.97. The van der Waals surface area contributed by atoms with E-state index in [0.717, 1.165) is 36.9 Å². The van der Waals surface area contributed by atoms with Gasteiger partial charge in [0.15, 0.2) is 0 Å². The molecule has 0 saturated heterocycles. The fourth-order valence-corrected chi connectivity index (χ4v) is 5.50. The molecule has 1 aliphatic carbocycles. The van der Waals surface area contributed by atoms with Crippen molar-refractivity contribution >= 4 is 23.4 Å². The third-order valence-corrected chi connectivity index (χ3v) is 7.72. The molecule has 3 heterocycles. The standard InChI is InChI=1S/C28H32ClN3O3/c1-28(27(34)30-22-8-5-3-2-4-6-9-22)19-31-23(25-10-7-17-35-25)15-16-24(31)26(33)32(28)18-20-11-13-21(29)14-12-20/h7,10-17,22H,2-6,8-9,18-19H2,1H3,(H,30,34)/t28-/m1/s1.